The van der Waals surface area contributed by atoms with Crippen molar-refractivity contribution in [1.82, 2.24) is 0 Å². The second-order valence-electron chi connectivity index (χ2n) is 5.45. The molecular formula is C14H22O. The van der Waals surface area contributed by atoms with Gasteiger partial charge in [0.2, 0.25) is 0 Å². The van der Waals surface area contributed by atoms with Crippen molar-refractivity contribution in [3.8, 4) is 0 Å². The smallest absolute Gasteiger partial charge is 0.0865 e. The van der Waals surface area contributed by atoms with Crippen LogP contribution in [-0.2, 0) is 11.0 Å². The van der Waals surface area contributed by atoms with Crippen LogP contribution >= 0.6 is 0 Å². The fourth-order valence-corrected chi connectivity index (χ4v) is 1.53. The van der Waals surface area contributed by atoms with E-state index in [1.807, 2.05) is 26.0 Å². The lowest BCUT2D eigenvalue weighted by molar-refractivity contribution is 0.0530. The van der Waals surface area contributed by atoms with E-state index in [9.17, 15) is 5.11 Å². The number of benzene rings is 1. The van der Waals surface area contributed by atoms with Crippen LogP contribution in [-0.4, -0.2) is 5.11 Å². The van der Waals surface area contributed by atoms with Crippen molar-refractivity contribution < 1.29 is 5.11 Å². The average Bonchev–Trinajstić information content (AvgIpc) is 2.17. The Morgan fingerprint density at radius 1 is 0.933 bits per heavy atom. The highest BCUT2D eigenvalue weighted by Gasteiger charge is 2.21. The van der Waals surface area contributed by atoms with Crippen LogP contribution in [0.1, 0.15) is 52.2 Å². The van der Waals surface area contributed by atoms with Crippen molar-refractivity contribution in [2.75, 3.05) is 0 Å². The Kier molecular flexibility index (Phi) is 3.25. The molecule has 1 unspecified atom stereocenters. The summed E-state index contributed by atoms with van der Waals surface area (Å²) in [7, 11) is 0. The normalized spacial score (nSPS) is 16.1. The second-order valence-corrected chi connectivity index (χ2v) is 5.45. The molecule has 1 rings (SSSR count). The molecule has 0 heterocycles. The Morgan fingerprint density at radius 2 is 1.33 bits per heavy atom. The zero-order valence-electron chi connectivity index (χ0n) is 10.5. The van der Waals surface area contributed by atoms with E-state index in [1.165, 1.54) is 5.56 Å². The maximum absolute atomic E-state index is 10.1. The fraction of sp³-hybridized carbons (Fsp3) is 0.571. The molecule has 0 amide bonds. The Labute approximate surface area is 93.1 Å². The minimum Gasteiger partial charge on any atom is -0.385 e. The van der Waals surface area contributed by atoms with E-state index < -0.39 is 5.60 Å². The van der Waals surface area contributed by atoms with Crippen LogP contribution in [0.5, 0.6) is 0 Å². The first-order chi connectivity index (χ1) is 6.77. The number of hydrogen-bond donors (Lipinski definition) is 1. The predicted octanol–water partition coefficient (Wildman–Crippen LogP) is 3.60. The van der Waals surface area contributed by atoms with Gasteiger partial charge >= 0.3 is 0 Å². The molecule has 1 N–H and O–H groups in total. The van der Waals surface area contributed by atoms with Gasteiger partial charge in [-0.2, -0.15) is 0 Å². The molecule has 0 radical (unpaired) electrons. The lowest BCUT2D eigenvalue weighted by Crippen LogP contribution is -2.20. The van der Waals surface area contributed by atoms with Crippen LogP contribution in [0.2, 0.25) is 0 Å². The molecule has 0 spiro atoms. The molecule has 15 heavy (non-hydrogen) atoms. The lowest BCUT2D eigenvalue weighted by atomic mass is 9.84. The predicted molar refractivity (Wildman–Crippen MR) is 65.0 cm³/mol. The van der Waals surface area contributed by atoms with Gasteiger partial charge in [-0.25, -0.2) is 0 Å². The highest BCUT2D eigenvalue weighted by molar-refractivity contribution is 5.30. The van der Waals surface area contributed by atoms with Crippen molar-refractivity contribution in [1.29, 1.82) is 0 Å². The Hall–Kier alpha value is -0.820. The van der Waals surface area contributed by atoms with Gasteiger partial charge in [-0.15, -0.1) is 0 Å². The van der Waals surface area contributed by atoms with Gasteiger partial charge in [0.1, 0.15) is 0 Å². The molecule has 1 atom stereocenters. The molecule has 0 aliphatic carbocycles. The van der Waals surface area contributed by atoms with Crippen molar-refractivity contribution in [2.45, 2.75) is 52.1 Å². The minimum absolute atomic E-state index is 0.177. The molecule has 0 aromatic heterocycles. The monoisotopic (exact) mass is 206 g/mol. The van der Waals surface area contributed by atoms with Crippen LogP contribution in [0.3, 0.4) is 0 Å². The second kappa shape index (κ2) is 3.97. The summed E-state index contributed by atoms with van der Waals surface area (Å²) in [5.41, 5.74) is 1.78. The van der Waals surface area contributed by atoms with Gasteiger partial charge in [-0.3, -0.25) is 0 Å². The van der Waals surface area contributed by atoms with E-state index in [0.717, 1.165) is 12.0 Å². The van der Waals surface area contributed by atoms with Gasteiger partial charge in [-0.1, -0.05) is 52.0 Å². The molecule has 0 fully saturated rings. The Bertz CT molecular complexity index is 314. The third-order valence-corrected chi connectivity index (χ3v) is 3.06. The molecule has 0 aliphatic rings. The molecule has 0 saturated heterocycles. The van der Waals surface area contributed by atoms with E-state index in [1.54, 1.807) is 0 Å². The summed E-state index contributed by atoms with van der Waals surface area (Å²) in [5.74, 6) is 0. The molecule has 0 saturated carbocycles. The number of rotatable bonds is 2. The van der Waals surface area contributed by atoms with Gasteiger partial charge in [0, 0.05) is 0 Å². The number of hydrogen-bond acceptors (Lipinski definition) is 1. The zero-order valence-corrected chi connectivity index (χ0v) is 10.5. The van der Waals surface area contributed by atoms with Gasteiger partial charge in [0.05, 0.1) is 5.60 Å². The first-order valence-electron chi connectivity index (χ1n) is 5.61. The molecule has 1 nitrogen and oxygen atoms in total. The maximum atomic E-state index is 10.1. The first-order valence-corrected chi connectivity index (χ1v) is 5.61. The molecule has 84 valence electrons. The van der Waals surface area contributed by atoms with Gasteiger partial charge in [0.15, 0.2) is 0 Å². The molecular weight excluding hydrogens is 184 g/mol. The third-order valence-electron chi connectivity index (χ3n) is 3.06. The third kappa shape index (κ3) is 2.82. The number of aliphatic hydroxyl groups is 1. The van der Waals surface area contributed by atoms with Crippen molar-refractivity contribution >= 4 is 0 Å². The maximum Gasteiger partial charge on any atom is 0.0865 e. The van der Waals surface area contributed by atoms with Gasteiger partial charge < -0.3 is 5.11 Å². The van der Waals surface area contributed by atoms with Crippen LogP contribution in [0, 0.1) is 0 Å². The largest absolute Gasteiger partial charge is 0.385 e. The Morgan fingerprint density at radius 3 is 1.67 bits per heavy atom. The van der Waals surface area contributed by atoms with Crippen LogP contribution in [0.15, 0.2) is 24.3 Å². The average molecular weight is 206 g/mol. The van der Waals surface area contributed by atoms with Crippen molar-refractivity contribution in [2.24, 2.45) is 0 Å². The van der Waals surface area contributed by atoms with Gasteiger partial charge in [-0.05, 0) is 29.9 Å². The summed E-state index contributed by atoms with van der Waals surface area (Å²) in [6.45, 7) is 10.4. The van der Waals surface area contributed by atoms with E-state index in [2.05, 4.69) is 32.9 Å². The minimum atomic E-state index is -0.698. The van der Waals surface area contributed by atoms with E-state index in [4.69, 9.17) is 0 Å². The summed E-state index contributed by atoms with van der Waals surface area (Å²) in [6, 6.07) is 8.28. The fourth-order valence-electron chi connectivity index (χ4n) is 1.53. The van der Waals surface area contributed by atoms with E-state index in [0.29, 0.717) is 0 Å². The molecule has 1 aromatic carbocycles. The summed E-state index contributed by atoms with van der Waals surface area (Å²) < 4.78 is 0. The van der Waals surface area contributed by atoms with Crippen molar-refractivity contribution in [3.05, 3.63) is 35.4 Å². The van der Waals surface area contributed by atoms with Crippen LogP contribution in [0.4, 0.5) is 0 Å². The standard InChI is InChI=1S/C14H22O/c1-6-14(5,15)12-9-7-11(8-10-12)13(2,3)4/h7-10,15H,6H2,1-5H3. The summed E-state index contributed by atoms with van der Waals surface area (Å²) in [6.07, 6.45) is 0.738. The van der Waals surface area contributed by atoms with E-state index in [-0.39, 0.29) is 5.41 Å². The lowest BCUT2D eigenvalue weighted by Gasteiger charge is -2.24. The molecule has 0 aliphatic heterocycles. The van der Waals surface area contributed by atoms with E-state index >= 15 is 0 Å². The highest BCUT2D eigenvalue weighted by Crippen LogP contribution is 2.27. The quantitative estimate of drug-likeness (QED) is 0.784. The highest BCUT2D eigenvalue weighted by atomic mass is 16.3. The van der Waals surface area contributed by atoms with Crippen LogP contribution in [0.25, 0.3) is 0 Å². The SMILES string of the molecule is CCC(C)(O)c1ccc(C(C)(C)C)cc1. The van der Waals surface area contributed by atoms with Crippen LogP contribution < -0.4 is 0 Å². The Balaban J connectivity index is 3.01. The first kappa shape index (κ1) is 12.3. The molecule has 0 bridgehead atoms. The summed E-state index contributed by atoms with van der Waals surface area (Å²) in [5, 5.41) is 10.1. The molecule has 1 heteroatoms. The topological polar surface area (TPSA) is 20.2 Å². The summed E-state index contributed by atoms with van der Waals surface area (Å²) >= 11 is 0. The zero-order chi connectivity index (χ0) is 11.7. The van der Waals surface area contributed by atoms with Crippen molar-refractivity contribution in [3.63, 3.8) is 0 Å². The summed E-state index contributed by atoms with van der Waals surface area (Å²) in [4.78, 5) is 0. The molecule has 1 aromatic rings. The van der Waals surface area contributed by atoms with Gasteiger partial charge in [0.25, 0.3) is 0 Å².